The Labute approximate surface area is 115 Å². The van der Waals surface area contributed by atoms with Crippen LogP contribution in [-0.4, -0.2) is 9.97 Å². The van der Waals surface area contributed by atoms with E-state index in [0.717, 1.165) is 0 Å². The predicted octanol–water partition coefficient (Wildman–Crippen LogP) is 3.02. The quantitative estimate of drug-likeness (QED) is 0.939. The predicted molar refractivity (Wildman–Crippen MR) is 73.2 cm³/mol. The van der Waals surface area contributed by atoms with Gasteiger partial charge >= 0.3 is 0 Å². The van der Waals surface area contributed by atoms with Crippen molar-refractivity contribution >= 4 is 11.6 Å². The van der Waals surface area contributed by atoms with Crippen molar-refractivity contribution in [2.24, 2.45) is 0 Å². The zero-order valence-corrected chi connectivity index (χ0v) is 11.5. The molecule has 0 radical (unpaired) electrons. The van der Waals surface area contributed by atoms with E-state index in [1.807, 2.05) is 6.92 Å². The Morgan fingerprint density at radius 1 is 1.42 bits per heavy atom. The first-order valence-corrected chi connectivity index (χ1v) is 6.42. The minimum atomic E-state index is -0.468. The van der Waals surface area contributed by atoms with Crippen LogP contribution in [0.1, 0.15) is 29.6 Å². The van der Waals surface area contributed by atoms with E-state index in [2.05, 4.69) is 9.97 Å². The topological polar surface area (TPSA) is 45.8 Å². The van der Waals surface area contributed by atoms with Crippen molar-refractivity contribution in [1.29, 1.82) is 0 Å². The van der Waals surface area contributed by atoms with Gasteiger partial charge in [0.25, 0.3) is 5.56 Å². The summed E-state index contributed by atoms with van der Waals surface area (Å²) in [5.41, 5.74) is 1.60. The van der Waals surface area contributed by atoms with Crippen LogP contribution < -0.4 is 5.56 Å². The molecule has 0 aliphatic rings. The lowest BCUT2D eigenvalue weighted by atomic mass is 10.1. The van der Waals surface area contributed by atoms with Gasteiger partial charge in [-0.2, -0.15) is 0 Å². The Kier molecular flexibility index (Phi) is 4.00. The molecule has 2 aromatic rings. The molecule has 0 aliphatic heterocycles. The van der Waals surface area contributed by atoms with Crippen molar-refractivity contribution in [2.45, 2.75) is 26.7 Å². The number of hydrogen-bond donors (Lipinski definition) is 1. The average molecular weight is 281 g/mol. The fourth-order valence-corrected chi connectivity index (χ4v) is 2.23. The summed E-state index contributed by atoms with van der Waals surface area (Å²) in [5, 5.41) is 0.0711. The fourth-order valence-electron chi connectivity index (χ4n) is 2.03. The molecule has 2 rings (SSSR count). The van der Waals surface area contributed by atoms with Gasteiger partial charge in [-0.25, -0.2) is 9.37 Å². The molecule has 19 heavy (non-hydrogen) atoms. The van der Waals surface area contributed by atoms with E-state index in [1.54, 1.807) is 19.1 Å². The van der Waals surface area contributed by atoms with Crippen LogP contribution in [0.15, 0.2) is 23.0 Å². The third kappa shape index (κ3) is 2.84. The maximum atomic E-state index is 13.8. The van der Waals surface area contributed by atoms with E-state index in [4.69, 9.17) is 11.6 Å². The number of aryl methyl sites for hydroxylation is 1. The van der Waals surface area contributed by atoms with Gasteiger partial charge in [-0.3, -0.25) is 4.79 Å². The lowest BCUT2D eigenvalue weighted by Gasteiger charge is -2.07. The third-order valence-electron chi connectivity index (χ3n) is 3.01. The molecule has 0 bridgehead atoms. The van der Waals surface area contributed by atoms with Crippen molar-refractivity contribution < 1.29 is 4.39 Å². The van der Waals surface area contributed by atoms with Crippen LogP contribution in [0.3, 0.4) is 0 Å². The number of rotatable bonds is 3. The van der Waals surface area contributed by atoms with E-state index in [9.17, 15) is 9.18 Å². The van der Waals surface area contributed by atoms with Gasteiger partial charge in [0.1, 0.15) is 11.6 Å². The standard InChI is InChI=1S/C14H14ClFN2O/c1-3-10-8(2)17-12(18-14(10)19)7-9-5-4-6-11(15)13(9)16/h4-6H,3,7H2,1-2H3,(H,17,18,19). The Morgan fingerprint density at radius 2 is 2.16 bits per heavy atom. The first-order chi connectivity index (χ1) is 9.02. The van der Waals surface area contributed by atoms with E-state index in [1.165, 1.54) is 6.07 Å². The second-order valence-corrected chi connectivity index (χ2v) is 4.73. The van der Waals surface area contributed by atoms with Gasteiger partial charge in [-0.1, -0.05) is 30.7 Å². The van der Waals surface area contributed by atoms with Crippen LogP contribution in [0, 0.1) is 12.7 Å². The highest BCUT2D eigenvalue weighted by atomic mass is 35.5. The van der Waals surface area contributed by atoms with Gasteiger partial charge in [-0.15, -0.1) is 0 Å². The molecule has 0 spiro atoms. The van der Waals surface area contributed by atoms with Gasteiger partial charge in [-0.05, 0) is 25.0 Å². The molecule has 100 valence electrons. The highest BCUT2D eigenvalue weighted by molar-refractivity contribution is 6.30. The lowest BCUT2D eigenvalue weighted by molar-refractivity contribution is 0.612. The van der Waals surface area contributed by atoms with Crippen LogP contribution in [0.2, 0.25) is 5.02 Å². The first kappa shape index (κ1) is 13.7. The van der Waals surface area contributed by atoms with Crippen molar-refractivity contribution in [3.05, 3.63) is 62.0 Å². The van der Waals surface area contributed by atoms with Gasteiger partial charge in [0.05, 0.1) is 5.02 Å². The normalized spacial score (nSPS) is 10.7. The van der Waals surface area contributed by atoms with Crippen LogP contribution in [0.5, 0.6) is 0 Å². The van der Waals surface area contributed by atoms with Crippen LogP contribution >= 0.6 is 11.6 Å². The molecule has 0 saturated carbocycles. The zero-order valence-electron chi connectivity index (χ0n) is 10.8. The van der Waals surface area contributed by atoms with Gasteiger partial charge < -0.3 is 4.98 Å². The Hall–Kier alpha value is -1.68. The third-order valence-corrected chi connectivity index (χ3v) is 3.31. The molecule has 1 aromatic heterocycles. The molecule has 1 N–H and O–H groups in total. The molecule has 1 heterocycles. The molecular formula is C14H14ClFN2O. The van der Waals surface area contributed by atoms with Gasteiger partial charge in [0.15, 0.2) is 0 Å². The number of halogens is 2. The summed E-state index contributed by atoms with van der Waals surface area (Å²) in [7, 11) is 0. The first-order valence-electron chi connectivity index (χ1n) is 6.04. The van der Waals surface area contributed by atoms with E-state index < -0.39 is 5.82 Å². The molecular weight excluding hydrogens is 267 g/mol. The molecule has 0 unspecified atom stereocenters. The monoisotopic (exact) mass is 280 g/mol. The summed E-state index contributed by atoms with van der Waals surface area (Å²) >= 11 is 5.72. The molecule has 0 saturated heterocycles. The van der Waals surface area contributed by atoms with Crippen molar-refractivity contribution in [2.75, 3.05) is 0 Å². The molecule has 0 atom stereocenters. The second-order valence-electron chi connectivity index (χ2n) is 4.32. The molecule has 3 nitrogen and oxygen atoms in total. The van der Waals surface area contributed by atoms with Crippen LogP contribution in [0.4, 0.5) is 4.39 Å². The Morgan fingerprint density at radius 3 is 2.79 bits per heavy atom. The highest BCUT2D eigenvalue weighted by Crippen LogP contribution is 2.19. The fraction of sp³-hybridized carbons (Fsp3) is 0.286. The number of hydrogen-bond acceptors (Lipinski definition) is 2. The highest BCUT2D eigenvalue weighted by Gasteiger charge is 2.10. The summed E-state index contributed by atoms with van der Waals surface area (Å²) < 4.78 is 13.8. The molecule has 0 fully saturated rings. The lowest BCUT2D eigenvalue weighted by Crippen LogP contribution is -2.18. The minimum Gasteiger partial charge on any atom is -0.310 e. The number of benzene rings is 1. The summed E-state index contributed by atoms with van der Waals surface area (Å²) in [5.74, 6) is -0.0232. The second kappa shape index (κ2) is 5.53. The number of nitrogens with one attached hydrogen (secondary N) is 1. The molecule has 5 heteroatoms. The minimum absolute atomic E-state index is 0.0711. The van der Waals surface area contributed by atoms with Gasteiger partial charge in [0, 0.05) is 17.7 Å². The maximum absolute atomic E-state index is 13.8. The molecule has 0 aliphatic carbocycles. The summed E-state index contributed by atoms with van der Waals surface area (Å²) in [4.78, 5) is 18.8. The summed E-state index contributed by atoms with van der Waals surface area (Å²) in [6.07, 6.45) is 0.840. The number of H-pyrrole nitrogens is 1. The number of aromatic nitrogens is 2. The Balaban J connectivity index is 2.39. The summed E-state index contributed by atoms with van der Waals surface area (Å²) in [6, 6.07) is 4.79. The molecule has 1 aromatic carbocycles. The summed E-state index contributed by atoms with van der Waals surface area (Å²) in [6.45, 7) is 3.68. The van der Waals surface area contributed by atoms with E-state index in [0.29, 0.717) is 29.1 Å². The SMILES string of the molecule is CCc1c(C)nc(Cc2cccc(Cl)c2F)[nH]c1=O. The number of aromatic amines is 1. The Bertz CT molecular complexity index is 667. The molecule has 0 amide bonds. The average Bonchev–Trinajstić information content (AvgIpc) is 2.35. The van der Waals surface area contributed by atoms with Gasteiger partial charge in [0.2, 0.25) is 0 Å². The van der Waals surface area contributed by atoms with Crippen molar-refractivity contribution in [3.8, 4) is 0 Å². The van der Waals surface area contributed by atoms with Crippen molar-refractivity contribution in [1.82, 2.24) is 9.97 Å². The van der Waals surface area contributed by atoms with E-state index in [-0.39, 0.29) is 17.0 Å². The van der Waals surface area contributed by atoms with Crippen LogP contribution in [0.25, 0.3) is 0 Å². The van der Waals surface area contributed by atoms with Crippen molar-refractivity contribution in [3.63, 3.8) is 0 Å². The van der Waals surface area contributed by atoms with Crippen LogP contribution in [-0.2, 0) is 12.8 Å². The largest absolute Gasteiger partial charge is 0.310 e. The number of nitrogens with zero attached hydrogens (tertiary/aromatic N) is 1. The van der Waals surface area contributed by atoms with E-state index >= 15 is 0 Å². The maximum Gasteiger partial charge on any atom is 0.254 e. The smallest absolute Gasteiger partial charge is 0.254 e. The zero-order chi connectivity index (χ0) is 14.0.